The van der Waals surface area contributed by atoms with Gasteiger partial charge in [-0.15, -0.1) is 23.1 Å². The van der Waals surface area contributed by atoms with Crippen molar-refractivity contribution in [2.75, 3.05) is 19.8 Å². The standard InChI is InChI=1S/C20H16ClN4O3S2/c1-24-17-15(19(27)25(2)20(24)28)18(23-16(22-17)14-4-3-9-29-14)30-10-13(26)11-5-7-12(21)8-6-11/h3-9,15H,10H2,1-2H3/q+1. The van der Waals surface area contributed by atoms with Crippen LogP contribution >= 0.6 is 34.7 Å². The number of imide groups is 1. The van der Waals surface area contributed by atoms with Gasteiger partial charge >= 0.3 is 11.9 Å². The van der Waals surface area contributed by atoms with Crippen molar-refractivity contribution in [1.82, 2.24) is 4.90 Å². The maximum atomic E-state index is 12.9. The van der Waals surface area contributed by atoms with Gasteiger partial charge in [0.05, 0.1) is 24.7 Å². The lowest BCUT2D eigenvalue weighted by Gasteiger charge is -2.26. The maximum Gasteiger partial charge on any atom is 0.445 e. The highest BCUT2D eigenvalue weighted by Gasteiger charge is 2.49. The van der Waals surface area contributed by atoms with Gasteiger partial charge in [0.15, 0.2) is 11.7 Å². The molecule has 0 N–H and O–H groups in total. The average Bonchev–Trinajstić information content (AvgIpc) is 3.29. The zero-order chi connectivity index (χ0) is 21.4. The number of hydrogen-bond acceptors (Lipinski definition) is 7. The lowest BCUT2D eigenvalue weighted by Crippen LogP contribution is -2.54. The van der Waals surface area contributed by atoms with Crippen molar-refractivity contribution in [2.45, 2.75) is 0 Å². The highest BCUT2D eigenvalue weighted by molar-refractivity contribution is 8.14. The summed E-state index contributed by atoms with van der Waals surface area (Å²) in [6.07, 6.45) is 0. The Balaban J connectivity index is 1.68. The van der Waals surface area contributed by atoms with E-state index in [1.807, 2.05) is 17.5 Å². The second kappa shape index (κ2) is 8.25. The molecule has 4 rings (SSSR count). The van der Waals surface area contributed by atoms with Crippen LogP contribution in [-0.4, -0.2) is 63.8 Å². The summed E-state index contributed by atoms with van der Waals surface area (Å²) in [4.78, 5) is 48.9. The molecule has 0 fully saturated rings. The van der Waals surface area contributed by atoms with E-state index < -0.39 is 17.9 Å². The van der Waals surface area contributed by atoms with Gasteiger partial charge in [-0.3, -0.25) is 9.59 Å². The van der Waals surface area contributed by atoms with E-state index in [2.05, 4.69) is 9.98 Å². The lowest BCUT2D eigenvalue weighted by atomic mass is 10.0. The Kier molecular flexibility index (Phi) is 5.68. The molecule has 1 aromatic heterocycles. The van der Waals surface area contributed by atoms with Crippen molar-refractivity contribution in [3.8, 4) is 0 Å². The van der Waals surface area contributed by atoms with Crippen LogP contribution in [0.2, 0.25) is 5.02 Å². The number of carbonyl (C=O) groups excluding carboxylic acids is 3. The van der Waals surface area contributed by atoms with E-state index in [0.717, 1.165) is 9.78 Å². The van der Waals surface area contributed by atoms with Crippen LogP contribution in [0.5, 0.6) is 0 Å². The number of carbonyl (C=O) groups is 3. The van der Waals surface area contributed by atoms with Gasteiger partial charge in [-0.05, 0) is 35.7 Å². The monoisotopic (exact) mass is 459 g/mol. The number of aliphatic imine (C=N–C) groups is 2. The van der Waals surface area contributed by atoms with Crippen molar-refractivity contribution in [3.63, 3.8) is 0 Å². The van der Waals surface area contributed by atoms with E-state index in [1.165, 1.54) is 34.7 Å². The van der Waals surface area contributed by atoms with Gasteiger partial charge in [0.2, 0.25) is 5.84 Å². The first-order valence-corrected chi connectivity index (χ1v) is 11.2. The summed E-state index contributed by atoms with van der Waals surface area (Å²) in [5.74, 6) is -0.493. The van der Waals surface area contributed by atoms with Crippen molar-refractivity contribution in [1.29, 1.82) is 0 Å². The number of fused-ring (bicyclic) bond motifs is 1. The first-order chi connectivity index (χ1) is 14.4. The largest absolute Gasteiger partial charge is 0.445 e. The fourth-order valence-electron chi connectivity index (χ4n) is 3.06. The Morgan fingerprint density at radius 2 is 1.97 bits per heavy atom. The number of rotatable bonds is 4. The second-order valence-electron chi connectivity index (χ2n) is 6.61. The topological polar surface area (TPSA) is 82.2 Å². The Bertz CT molecular complexity index is 1140. The van der Waals surface area contributed by atoms with Crippen LogP contribution in [0.4, 0.5) is 4.79 Å². The van der Waals surface area contributed by atoms with Gasteiger partial charge in [0, 0.05) is 10.6 Å². The van der Waals surface area contributed by atoms with E-state index in [9.17, 15) is 14.4 Å². The lowest BCUT2D eigenvalue weighted by molar-refractivity contribution is -0.407. The van der Waals surface area contributed by atoms with Crippen LogP contribution in [0.25, 0.3) is 0 Å². The number of hydrogen-bond donors (Lipinski definition) is 0. The van der Waals surface area contributed by atoms with Crippen LogP contribution in [0.3, 0.4) is 0 Å². The SMILES string of the molecule is CN1C(=O)C2C(SCC(=O)c3ccc(Cl)cc3)=NC(c3cccs3)=NC2=[N+](C)C1=O. The molecule has 0 saturated heterocycles. The normalized spacial score (nSPS) is 18.9. The highest BCUT2D eigenvalue weighted by atomic mass is 35.5. The summed E-state index contributed by atoms with van der Waals surface area (Å²) in [6, 6.07) is 9.93. The van der Waals surface area contributed by atoms with Gasteiger partial charge < -0.3 is 0 Å². The number of halogens is 1. The molecule has 1 aromatic carbocycles. The molecule has 0 aliphatic carbocycles. The van der Waals surface area contributed by atoms with E-state index >= 15 is 0 Å². The second-order valence-corrected chi connectivity index (χ2v) is 8.99. The summed E-state index contributed by atoms with van der Waals surface area (Å²) in [7, 11) is 3.01. The van der Waals surface area contributed by atoms with Gasteiger partial charge in [-0.25, -0.2) is 9.79 Å². The summed E-state index contributed by atoms with van der Waals surface area (Å²) in [5, 5.41) is 2.90. The minimum absolute atomic E-state index is 0.0939. The predicted molar refractivity (Wildman–Crippen MR) is 119 cm³/mol. The summed E-state index contributed by atoms with van der Waals surface area (Å²) < 4.78 is 1.36. The molecular weight excluding hydrogens is 444 g/mol. The fourth-order valence-corrected chi connectivity index (χ4v) is 4.82. The van der Waals surface area contributed by atoms with Crippen LogP contribution in [0.15, 0.2) is 51.8 Å². The first-order valence-electron chi connectivity index (χ1n) is 8.91. The molecular formula is C20H16ClN4O3S2+. The number of thioether (sulfide) groups is 1. The molecule has 2 aliphatic heterocycles. The van der Waals surface area contributed by atoms with Gasteiger partial charge in [0.25, 0.3) is 5.84 Å². The number of nitrogens with zero attached hydrogens (tertiary/aromatic N) is 4. The molecule has 30 heavy (non-hydrogen) atoms. The molecule has 7 nitrogen and oxygen atoms in total. The smallest absolute Gasteiger partial charge is 0.293 e. The maximum absolute atomic E-state index is 12.9. The number of Topliss-reactive ketones (excluding diaryl/α,β-unsaturated/α-hetero) is 1. The Hall–Kier alpha value is -2.62. The average molecular weight is 460 g/mol. The minimum Gasteiger partial charge on any atom is -0.293 e. The Morgan fingerprint density at radius 1 is 1.23 bits per heavy atom. The molecule has 10 heteroatoms. The van der Waals surface area contributed by atoms with Crippen molar-refractivity contribution < 1.29 is 19.0 Å². The summed E-state index contributed by atoms with van der Waals surface area (Å²) in [5.41, 5.74) is 0.527. The van der Waals surface area contributed by atoms with E-state index in [0.29, 0.717) is 27.3 Å². The minimum atomic E-state index is -0.815. The molecule has 3 amide bonds. The Labute approximate surface area is 185 Å². The number of amides is 3. The molecule has 1 unspecified atom stereocenters. The first kappa shape index (κ1) is 20.6. The van der Waals surface area contributed by atoms with Crippen molar-refractivity contribution >= 4 is 69.1 Å². The van der Waals surface area contributed by atoms with Crippen molar-refractivity contribution in [3.05, 3.63) is 57.2 Å². The van der Waals surface area contributed by atoms with Crippen molar-refractivity contribution in [2.24, 2.45) is 15.9 Å². The molecule has 0 spiro atoms. The fraction of sp³-hybridized carbons (Fsp3) is 0.200. The Morgan fingerprint density at radius 3 is 2.63 bits per heavy atom. The number of amidine groups is 2. The number of benzene rings is 1. The zero-order valence-electron chi connectivity index (χ0n) is 16.0. The van der Waals surface area contributed by atoms with Crippen LogP contribution in [0.1, 0.15) is 15.2 Å². The van der Waals surface area contributed by atoms with Crippen LogP contribution in [0, 0.1) is 5.92 Å². The molecule has 2 aromatic rings. The van der Waals surface area contributed by atoms with Gasteiger partial charge in [-0.2, -0.15) is 9.48 Å². The third kappa shape index (κ3) is 3.76. The quantitative estimate of drug-likeness (QED) is 0.518. The van der Waals surface area contributed by atoms with E-state index in [-0.39, 0.29) is 11.5 Å². The molecule has 152 valence electrons. The summed E-state index contributed by atoms with van der Waals surface area (Å²) >= 11 is 8.53. The molecule has 0 saturated carbocycles. The van der Waals surface area contributed by atoms with Crippen LogP contribution < -0.4 is 0 Å². The highest BCUT2D eigenvalue weighted by Crippen LogP contribution is 2.28. The number of thiophene rings is 1. The van der Waals surface area contributed by atoms with Gasteiger partial charge in [-0.1, -0.05) is 22.7 Å². The van der Waals surface area contributed by atoms with Crippen LogP contribution in [-0.2, 0) is 4.79 Å². The molecule has 2 aliphatic rings. The molecule has 0 bridgehead atoms. The molecule has 1 atom stereocenters. The van der Waals surface area contributed by atoms with E-state index in [4.69, 9.17) is 11.6 Å². The third-order valence-electron chi connectivity index (χ3n) is 4.70. The molecule has 0 radical (unpaired) electrons. The zero-order valence-corrected chi connectivity index (χ0v) is 18.4. The third-order valence-corrected chi connectivity index (χ3v) is 6.84. The van der Waals surface area contributed by atoms with E-state index in [1.54, 1.807) is 31.3 Å². The number of ketones is 1. The predicted octanol–water partition coefficient (Wildman–Crippen LogP) is 3.43. The number of urea groups is 1. The van der Waals surface area contributed by atoms with Gasteiger partial charge in [0.1, 0.15) is 5.04 Å². The summed E-state index contributed by atoms with van der Waals surface area (Å²) in [6.45, 7) is 0. The molecule has 3 heterocycles.